The van der Waals surface area contributed by atoms with Crippen LogP contribution in [0.15, 0.2) is 17.1 Å². The second kappa shape index (κ2) is 7.48. The van der Waals surface area contributed by atoms with Crippen LogP contribution in [-0.4, -0.2) is 30.5 Å². The second-order valence-corrected chi connectivity index (χ2v) is 4.09. The van der Waals surface area contributed by atoms with Gasteiger partial charge in [0, 0.05) is 24.7 Å². The molecule has 0 spiro atoms. The molecule has 0 aromatic rings. The largest absolute Gasteiger partial charge is 0.404 e. The lowest BCUT2D eigenvalue weighted by molar-refractivity contribution is -0.155. The van der Waals surface area contributed by atoms with Crippen LogP contribution in [0.2, 0.25) is 0 Å². The molecular weight excluding hydrogens is 229 g/mol. The van der Waals surface area contributed by atoms with Gasteiger partial charge in [-0.1, -0.05) is 19.9 Å². The molecule has 0 bridgehead atoms. The molecule has 0 aliphatic rings. The Morgan fingerprint density at radius 2 is 1.94 bits per heavy atom. The summed E-state index contributed by atoms with van der Waals surface area (Å²) in [6.45, 7) is 7.47. The zero-order valence-corrected chi connectivity index (χ0v) is 10.8. The Morgan fingerprint density at radius 3 is 2.29 bits per heavy atom. The van der Waals surface area contributed by atoms with Gasteiger partial charge in [0.2, 0.25) is 0 Å². The Bertz CT molecular complexity index is 267. The first-order chi connectivity index (χ1) is 7.81. The van der Waals surface area contributed by atoms with Gasteiger partial charge in [-0.25, -0.2) is 0 Å². The summed E-state index contributed by atoms with van der Waals surface area (Å²) >= 11 is 0. The molecule has 100 valence electrons. The van der Waals surface area contributed by atoms with Gasteiger partial charge in [0.25, 0.3) is 0 Å². The van der Waals surface area contributed by atoms with Crippen LogP contribution in [0.5, 0.6) is 0 Å². The minimum atomic E-state index is -4.25. The molecule has 0 aromatic heterocycles. The molecule has 5 heteroatoms. The van der Waals surface area contributed by atoms with Crippen molar-refractivity contribution in [1.82, 2.24) is 5.32 Å². The average molecular weight is 250 g/mol. The summed E-state index contributed by atoms with van der Waals surface area (Å²) in [6, 6.07) is -1.75. The van der Waals surface area contributed by atoms with Gasteiger partial charge < -0.3 is 5.32 Å². The summed E-state index contributed by atoms with van der Waals surface area (Å²) in [5, 5.41) is 2.53. The molecule has 0 amide bonds. The van der Waals surface area contributed by atoms with Crippen molar-refractivity contribution in [1.29, 1.82) is 0 Å². The molecular formula is C12H21F3N2. The van der Waals surface area contributed by atoms with Crippen LogP contribution in [0.4, 0.5) is 13.2 Å². The third-order valence-electron chi connectivity index (χ3n) is 2.06. The molecule has 0 radical (unpaired) electrons. The van der Waals surface area contributed by atoms with Crippen LogP contribution < -0.4 is 5.32 Å². The summed E-state index contributed by atoms with van der Waals surface area (Å²) in [6.07, 6.45) is -1.04. The summed E-state index contributed by atoms with van der Waals surface area (Å²) in [5.74, 6) is 0. The quantitative estimate of drug-likeness (QED) is 0.718. The Hall–Kier alpha value is -0.840. The van der Waals surface area contributed by atoms with Gasteiger partial charge in [-0.3, -0.25) is 4.99 Å². The minimum Gasteiger partial charge on any atom is -0.304 e. The van der Waals surface area contributed by atoms with Crippen molar-refractivity contribution in [3.05, 3.63) is 12.2 Å². The Balaban J connectivity index is 4.77. The number of aliphatic imine (C=N–C) groups is 1. The fraction of sp³-hybridized carbons (Fsp3) is 0.750. The van der Waals surface area contributed by atoms with Gasteiger partial charge in [0.05, 0.1) is 0 Å². The highest BCUT2D eigenvalue weighted by Gasteiger charge is 2.40. The maximum absolute atomic E-state index is 12.8. The van der Waals surface area contributed by atoms with Gasteiger partial charge in [0.15, 0.2) is 0 Å². The standard InChI is InChI=1S/C12H21F3N2/c1-5-7-10(16-6-2)8-11(12(13,14)15)17-9(3)4/h5,7,9,11,17H,6,8H2,1-4H3/b7-5-,16-10?. The van der Waals surface area contributed by atoms with Crippen molar-refractivity contribution >= 4 is 5.71 Å². The molecule has 2 nitrogen and oxygen atoms in total. The fourth-order valence-corrected chi connectivity index (χ4v) is 1.46. The Labute approximate surface area is 101 Å². The molecule has 1 N–H and O–H groups in total. The van der Waals surface area contributed by atoms with Gasteiger partial charge in [-0.15, -0.1) is 0 Å². The zero-order valence-electron chi connectivity index (χ0n) is 10.8. The molecule has 0 aliphatic heterocycles. The normalized spacial score (nSPS) is 15.9. The highest BCUT2D eigenvalue weighted by Crippen LogP contribution is 2.23. The number of alkyl halides is 3. The van der Waals surface area contributed by atoms with E-state index in [0.29, 0.717) is 12.3 Å². The van der Waals surface area contributed by atoms with Crippen molar-refractivity contribution in [3.8, 4) is 0 Å². The molecule has 0 heterocycles. The van der Waals surface area contributed by atoms with Crippen molar-refractivity contribution in [3.63, 3.8) is 0 Å². The lowest BCUT2D eigenvalue weighted by Gasteiger charge is -2.23. The van der Waals surface area contributed by atoms with Gasteiger partial charge in [-0.05, 0) is 19.9 Å². The molecule has 0 aromatic carbocycles. The van der Waals surface area contributed by atoms with E-state index in [1.54, 1.807) is 32.9 Å². The predicted molar refractivity (Wildman–Crippen MR) is 65.5 cm³/mol. The molecule has 0 saturated heterocycles. The van der Waals surface area contributed by atoms with Crippen LogP contribution in [0.25, 0.3) is 0 Å². The van der Waals surface area contributed by atoms with E-state index in [-0.39, 0.29) is 12.5 Å². The highest BCUT2D eigenvalue weighted by atomic mass is 19.4. The number of allylic oxidation sites excluding steroid dienone is 2. The van der Waals surface area contributed by atoms with Crippen LogP contribution in [0, 0.1) is 0 Å². The number of hydrogen-bond acceptors (Lipinski definition) is 2. The van der Waals surface area contributed by atoms with E-state index in [1.807, 2.05) is 6.92 Å². The first-order valence-corrected chi connectivity index (χ1v) is 5.80. The van der Waals surface area contributed by atoms with Crippen molar-refractivity contribution < 1.29 is 13.2 Å². The fourth-order valence-electron chi connectivity index (χ4n) is 1.46. The lowest BCUT2D eigenvalue weighted by atomic mass is 10.1. The lowest BCUT2D eigenvalue weighted by Crippen LogP contribution is -2.46. The number of nitrogens with one attached hydrogen (secondary N) is 1. The van der Waals surface area contributed by atoms with E-state index in [1.165, 1.54) is 0 Å². The maximum Gasteiger partial charge on any atom is 0.404 e. The zero-order chi connectivity index (χ0) is 13.5. The topological polar surface area (TPSA) is 24.4 Å². The smallest absolute Gasteiger partial charge is 0.304 e. The van der Waals surface area contributed by atoms with Crippen molar-refractivity contribution in [2.75, 3.05) is 6.54 Å². The summed E-state index contributed by atoms with van der Waals surface area (Å²) in [7, 11) is 0. The molecule has 0 rings (SSSR count). The monoisotopic (exact) mass is 250 g/mol. The van der Waals surface area contributed by atoms with Gasteiger partial charge >= 0.3 is 6.18 Å². The van der Waals surface area contributed by atoms with Gasteiger partial charge in [0.1, 0.15) is 6.04 Å². The summed E-state index contributed by atoms with van der Waals surface area (Å²) < 4.78 is 38.3. The molecule has 0 fully saturated rings. The van der Waals surface area contributed by atoms with E-state index in [9.17, 15) is 13.2 Å². The first kappa shape index (κ1) is 16.2. The van der Waals surface area contributed by atoms with Crippen molar-refractivity contribution in [2.45, 2.75) is 52.4 Å². The van der Waals surface area contributed by atoms with E-state index >= 15 is 0 Å². The van der Waals surface area contributed by atoms with Crippen molar-refractivity contribution in [2.24, 2.45) is 4.99 Å². The van der Waals surface area contributed by atoms with Gasteiger partial charge in [-0.2, -0.15) is 13.2 Å². The van der Waals surface area contributed by atoms with Crippen LogP contribution in [0.3, 0.4) is 0 Å². The SMILES string of the molecule is C/C=C\C(CC(NC(C)C)C(F)(F)F)=NCC. The van der Waals surface area contributed by atoms with Crippen LogP contribution in [-0.2, 0) is 0 Å². The predicted octanol–water partition coefficient (Wildman–Crippen LogP) is 3.34. The van der Waals surface area contributed by atoms with E-state index in [2.05, 4.69) is 10.3 Å². The number of halogens is 3. The third kappa shape index (κ3) is 7.15. The van der Waals surface area contributed by atoms with E-state index in [4.69, 9.17) is 0 Å². The molecule has 0 aliphatic carbocycles. The number of rotatable bonds is 6. The van der Waals surface area contributed by atoms with E-state index < -0.39 is 12.2 Å². The maximum atomic E-state index is 12.8. The molecule has 1 unspecified atom stereocenters. The summed E-state index contributed by atoms with van der Waals surface area (Å²) in [4.78, 5) is 4.06. The van der Waals surface area contributed by atoms with Crippen LogP contribution >= 0.6 is 0 Å². The molecule has 17 heavy (non-hydrogen) atoms. The number of hydrogen-bond donors (Lipinski definition) is 1. The molecule has 0 saturated carbocycles. The average Bonchev–Trinajstić information content (AvgIpc) is 2.15. The second-order valence-electron chi connectivity index (χ2n) is 4.09. The first-order valence-electron chi connectivity index (χ1n) is 5.80. The third-order valence-corrected chi connectivity index (χ3v) is 2.06. The Morgan fingerprint density at radius 1 is 1.35 bits per heavy atom. The number of nitrogens with zero attached hydrogens (tertiary/aromatic N) is 1. The summed E-state index contributed by atoms with van der Waals surface area (Å²) in [5.41, 5.74) is 0.477. The van der Waals surface area contributed by atoms with E-state index in [0.717, 1.165) is 0 Å². The minimum absolute atomic E-state index is 0.125. The highest BCUT2D eigenvalue weighted by molar-refractivity contribution is 5.95. The van der Waals surface area contributed by atoms with Crippen LogP contribution in [0.1, 0.15) is 34.1 Å². The Kier molecular flexibility index (Phi) is 7.11. The molecule has 1 atom stereocenters.